The second kappa shape index (κ2) is 11.2. The third-order valence-electron chi connectivity index (χ3n) is 11.5. The van der Waals surface area contributed by atoms with Gasteiger partial charge in [0.2, 0.25) is 0 Å². The molecule has 0 unspecified atom stereocenters. The van der Waals surface area contributed by atoms with Gasteiger partial charge >= 0.3 is 0 Å². The van der Waals surface area contributed by atoms with E-state index in [-0.39, 0.29) is 0 Å². The SMILES string of the molecule is c1ccc(-c2ccc(N(c3ccc4c(c3)oc3ccccc34)c3cc4ccc5cccc6c7cccc8ccc9cccc(c(c3)c4c56)c9c87)cc2)cc1. The molecule has 0 amide bonds. The lowest BCUT2D eigenvalue weighted by Gasteiger charge is -2.27. The number of para-hydroxylation sites is 1. The molecule has 0 radical (unpaired) electrons. The van der Waals surface area contributed by atoms with Gasteiger partial charge in [-0.25, -0.2) is 0 Å². The second-order valence-corrected chi connectivity index (χ2v) is 14.5. The smallest absolute Gasteiger partial charge is 0.137 e. The van der Waals surface area contributed by atoms with Crippen LogP contribution in [-0.4, -0.2) is 0 Å². The molecule has 0 aliphatic carbocycles. The van der Waals surface area contributed by atoms with Crippen molar-refractivity contribution in [2.45, 2.75) is 0 Å². The van der Waals surface area contributed by atoms with Crippen LogP contribution in [0.2, 0.25) is 0 Å². The molecule has 2 nitrogen and oxygen atoms in total. The zero-order valence-corrected chi connectivity index (χ0v) is 29.3. The highest BCUT2D eigenvalue weighted by atomic mass is 16.3. The van der Waals surface area contributed by atoms with Crippen molar-refractivity contribution >= 4 is 104 Å². The van der Waals surface area contributed by atoms with Crippen LogP contribution in [0.4, 0.5) is 17.1 Å². The Hall–Kier alpha value is -7.16. The van der Waals surface area contributed by atoms with E-state index in [1.54, 1.807) is 0 Å². The molecule has 12 rings (SSSR count). The van der Waals surface area contributed by atoms with Crippen LogP contribution in [0.15, 0.2) is 192 Å². The molecule has 0 spiro atoms. The lowest BCUT2D eigenvalue weighted by atomic mass is 9.87. The zero-order valence-electron chi connectivity index (χ0n) is 29.3. The Morgan fingerprint density at radius 2 is 0.796 bits per heavy atom. The normalized spacial score (nSPS) is 12.1. The van der Waals surface area contributed by atoms with Crippen LogP contribution in [0, 0.1) is 0 Å². The van der Waals surface area contributed by atoms with Gasteiger partial charge < -0.3 is 9.32 Å². The summed E-state index contributed by atoms with van der Waals surface area (Å²) in [4.78, 5) is 2.39. The van der Waals surface area contributed by atoms with Crippen LogP contribution in [-0.2, 0) is 0 Å². The van der Waals surface area contributed by atoms with Crippen molar-refractivity contribution in [1.29, 1.82) is 0 Å². The number of hydrogen-bond acceptors (Lipinski definition) is 2. The van der Waals surface area contributed by atoms with E-state index in [0.29, 0.717) is 0 Å². The van der Waals surface area contributed by atoms with E-state index >= 15 is 0 Å². The van der Waals surface area contributed by atoms with Gasteiger partial charge in [0.1, 0.15) is 11.2 Å². The minimum atomic E-state index is 0.874. The van der Waals surface area contributed by atoms with E-state index in [1.807, 2.05) is 12.1 Å². The largest absolute Gasteiger partial charge is 0.456 e. The average molecular weight is 686 g/mol. The van der Waals surface area contributed by atoms with E-state index in [0.717, 1.165) is 39.0 Å². The molecule has 0 saturated heterocycles. The summed E-state index contributed by atoms with van der Waals surface area (Å²) in [6.45, 7) is 0. The summed E-state index contributed by atoms with van der Waals surface area (Å²) in [5.74, 6) is 0. The number of anilines is 3. The van der Waals surface area contributed by atoms with Crippen molar-refractivity contribution in [2.75, 3.05) is 4.90 Å². The zero-order chi connectivity index (χ0) is 35.3. The molecule has 0 saturated carbocycles. The summed E-state index contributed by atoms with van der Waals surface area (Å²) in [5.41, 5.74) is 7.37. The van der Waals surface area contributed by atoms with Crippen LogP contribution in [0.1, 0.15) is 0 Å². The molecule has 1 aromatic heterocycles. The fourth-order valence-electron chi connectivity index (χ4n) is 9.13. The first-order valence-electron chi connectivity index (χ1n) is 18.6. The summed E-state index contributed by atoms with van der Waals surface area (Å²) in [6, 6.07) is 68.8. The van der Waals surface area contributed by atoms with Crippen molar-refractivity contribution in [3.8, 4) is 11.1 Å². The van der Waals surface area contributed by atoms with Crippen LogP contribution >= 0.6 is 0 Å². The summed E-state index contributed by atoms with van der Waals surface area (Å²) >= 11 is 0. The first kappa shape index (κ1) is 29.4. The molecule has 0 aliphatic heterocycles. The van der Waals surface area contributed by atoms with Gasteiger partial charge in [0, 0.05) is 33.9 Å². The van der Waals surface area contributed by atoms with E-state index in [9.17, 15) is 0 Å². The Balaban J connectivity index is 1.20. The van der Waals surface area contributed by atoms with Crippen molar-refractivity contribution in [2.24, 2.45) is 0 Å². The van der Waals surface area contributed by atoms with Gasteiger partial charge in [-0.3, -0.25) is 0 Å². The van der Waals surface area contributed by atoms with Gasteiger partial charge in [0.05, 0.1) is 0 Å². The van der Waals surface area contributed by atoms with Gasteiger partial charge in [0.25, 0.3) is 0 Å². The maximum atomic E-state index is 6.47. The Kier molecular flexibility index (Phi) is 6.09. The highest BCUT2D eigenvalue weighted by molar-refractivity contribution is 6.37. The van der Waals surface area contributed by atoms with E-state index in [4.69, 9.17) is 4.42 Å². The highest BCUT2D eigenvalue weighted by Gasteiger charge is 2.20. The summed E-state index contributed by atoms with van der Waals surface area (Å²) in [5, 5.41) is 17.5. The molecule has 0 aliphatic rings. The highest BCUT2D eigenvalue weighted by Crippen LogP contribution is 2.47. The summed E-state index contributed by atoms with van der Waals surface area (Å²) in [6.07, 6.45) is 0. The standard InChI is InChI=1S/C52H31NO/c1-2-9-32(10-3-1)33-23-25-38(26-24-33)53(39-27-28-42-41-14-4-5-18-47(41)54-48(42)31-39)40-29-37-22-21-36-12-7-16-44-43-15-6-11-34-19-20-35-13-8-17-45(51(35)49(34)43)46(30-40)52(37)50(36)44/h1-31H. The Bertz CT molecular complexity index is 3430. The van der Waals surface area contributed by atoms with Gasteiger partial charge in [-0.2, -0.15) is 0 Å². The van der Waals surface area contributed by atoms with Crippen molar-refractivity contribution < 1.29 is 4.42 Å². The predicted octanol–water partition coefficient (Wildman–Crippen LogP) is 15.1. The number of furan rings is 1. The molecular weight excluding hydrogens is 655 g/mol. The average Bonchev–Trinajstić information content (AvgIpc) is 3.61. The third-order valence-corrected chi connectivity index (χ3v) is 11.5. The monoisotopic (exact) mass is 685 g/mol. The topological polar surface area (TPSA) is 16.4 Å². The number of rotatable bonds is 4. The van der Waals surface area contributed by atoms with Crippen LogP contribution in [0.5, 0.6) is 0 Å². The van der Waals surface area contributed by atoms with Crippen molar-refractivity contribution in [1.82, 2.24) is 0 Å². The van der Waals surface area contributed by atoms with Gasteiger partial charge in [-0.1, -0.05) is 140 Å². The second-order valence-electron chi connectivity index (χ2n) is 14.5. The minimum absolute atomic E-state index is 0.874. The van der Waals surface area contributed by atoms with Gasteiger partial charge in [-0.15, -0.1) is 0 Å². The molecule has 0 atom stereocenters. The molecule has 0 N–H and O–H groups in total. The maximum absolute atomic E-state index is 6.47. The number of benzene rings is 10. The van der Waals surface area contributed by atoms with E-state index in [2.05, 4.69) is 181 Å². The molecule has 1 heterocycles. The molecule has 0 bridgehead atoms. The lowest BCUT2D eigenvalue weighted by molar-refractivity contribution is 0.669. The quantitative estimate of drug-likeness (QED) is 0.172. The lowest BCUT2D eigenvalue weighted by Crippen LogP contribution is -2.10. The molecule has 0 fully saturated rings. The van der Waals surface area contributed by atoms with Crippen LogP contribution < -0.4 is 4.90 Å². The first-order valence-corrected chi connectivity index (χ1v) is 18.6. The molecule has 12 aromatic rings. The summed E-state index contributed by atoms with van der Waals surface area (Å²) in [7, 11) is 0. The molecule has 2 heteroatoms. The minimum Gasteiger partial charge on any atom is -0.456 e. The number of hydrogen-bond donors (Lipinski definition) is 0. The molecule has 54 heavy (non-hydrogen) atoms. The number of nitrogens with zero attached hydrogens (tertiary/aromatic N) is 1. The maximum Gasteiger partial charge on any atom is 0.137 e. The van der Waals surface area contributed by atoms with Crippen LogP contribution in [0.25, 0.3) is 97.7 Å². The molecular formula is C52H31NO. The fraction of sp³-hybridized carbons (Fsp3) is 0. The number of fused-ring (bicyclic) bond motifs is 5. The predicted molar refractivity (Wildman–Crippen MR) is 230 cm³/mol. The van der Waals surface area contributed by atoms with Gasteiger partial charge in [0.15, 0.2) is 0 Å². The van der Waals surface area contributed by atoms with E-state index < -0.39 is 0 Å². The Morgan fingerprint density at radius 3 is 1.48 bits per heavy atom. The molecule has 11 aromatic carbocycles. The Morgan fingerprint density at radius 1 is 0.278 bits per heavy atom. The van der Waals surface area contributed by atoms with Crippen molar-refractivity contribution in [3.05, 3.63) is 188 Å². The molecule has 250 valence electrons. The first-order chi connectivity index (χ1) is 26.8. The Labute approximate surface area is 311 Å². The fourth-order valence-corrected chi connectivity index (χ4v) is 9.13. The van der Waals surface area contributed by atoms with Crippen molar-refractivity contribution in [3.63, 3.8) is 0 Å². The van der Waals surface area contributed by atoms with E-state index in [1.165, 1.54) is 75.8 Å². The third kappa shape index (κ3) is 4.22. The van der Waals surface area contributed by atoms with Gasteiger partial charge in [-0.05, 0) is 118 Å². The van der Waals surface area contributed by atoms with Crippen LogP contribution in [0.3, 0.4) is 0 Å². The summed E-state index contributed by atoms with van der Waals surface area (Å²) < 4.78 is 6.47.